The van der Waals surface area contributed by atoms with Crippen molar-refractivity contribution in [3.8, 4) is 5.75 Å². The van der Waals surface area contributed by atoms with E-state index in [1.54, 1.807) is 24.5 Å². The average Bonchev–Trinajstić information content (AvgIpc) is 3.31. The molecule has 0 aliphatic heterocycles. The molecule has 1 fully saturated rings. The Morgan fingerprint density at radius 1 is 1.04 bits per heavy atom. The molecule has 2 aromatic rings. The van der Waals surface area contributed by atoms with Crippen LogP contribution in [0.25, 0.3) is 0 Å². The molecule has 1 aliphatic carbocycles. The Morgan fingerprint density at radius 3 is 2.17 bits per heavy atom. The second kappa shape index (κ2) is 6.37. The van der Waals surface area contributed by atoms with Gasteiger partial charge in [-0.2, -0.15) is 0 Å². The highest BCUT2D eigenvalue weighted by molar-refractivity contribution is 5.85. The van der Waals surface area contributed by atoms with Gasteiger partial charge in [-0.25, -0.2) is 0 Å². The molecule has 0 amide bonds. The van der Waals surface area contributed by atoms with Crippen LogP contribution in [-0.4, -0.2) is 16.5 Å². The van der Waals surface area contributed by atoms with Gasteiger partial charge in [-0.05, 0) is 42.5 Å². The van der Waals surface area contributed by atoms with Crippen LogP contribution >= 0.6 is 12.4 Å². The van der Waals surface area contributed by atoms with Crippen molar-refractivity contribution in [2.45, 2.75) is 24.8 Å². The third-order valence-corrected chi connectivity index (χ3v) is 3.80. The van der Waals surface area contributed by atoms with Crippen LogP contribution in [-0.2, 0) is 5.60 Å². The quantitative estimate of drug-likeness (QED) is 0.909. The number of halogens is 4. The molecule has 124 valence electrons. The highest BCUT2D eigenvalue weighted by Crippen LogP contribution is 2.49. The number of aliphatic hydroxyl groups is 1. The van der Waals surface area contributed by atoms with Crippen molar-refractivity contribution < 1.29 is 23.0 Å². The predicted molar refractivity (Wildman–Crippen MR) is 80.3 cm³/mol. The largest absolute Gasteiger partial charge is 0.573 e. The Hall–Kier alpha value is -1.79. The summed E-state index contributed by atoms with van der Waals surface area (Å²) >= 11 is 0. The van der Waals surface area contributed by atoms with E-state index in [4.69, 9.17) is 0 Å². The van der Waals surface area contributed by atoms with Gasteiger partial charge in [0, 0.05) is 18.0 Å². The van der Waals surface area contributed by atoms with Crippen LogP contribution in [0.15, 0.2) is 48.8 Å². The fourth-order valence-electron chi connectivity index (χ4n) is 2.64. The van der Waals surface area contributed by atoms with Gasteiger partial charge in [0.15, 0.2) is 0 Å². The van der Waals surface area contributed by atoms with Gasteiger partial charge in [-0.15, -0.1) is 25.6 Å². The third kappa shape index (κ3) is 3.76. The van der Waals surface area contributed by atoms with Crippen molar-refractivity contribution in [2.24, 2.45) is 5.92 Å². The van der Waals surface area contributed by atoms with E-state index in [1.807, 2.05) is 0 Å². The van der Waals surface area contributed by atoms with E-state index < -0.39 is 12.0 Å². The summed E-state index contributed by atoms with van der Waals surface area (Å²) in [5.41, 5.74) is -0.0510. The minimum atomic E-state index is -4.72. The van der Waals surface area contributed by atoms with Crippen molar-refractivity contribution in [1.29, 1.82) is 0 Å². The molecule has 1 N–H and O–H groups in total. The Morgan fingerprint density at radius 2 is 1.70 bits per heavy atom. The smallest absolute Gasteiger partial charge is 0.406 e. The summed E-state index contributed by atoms with van der Waals surface area (Å²) in [5.74, 6) is -0.258. The molecule has 7 heteroatoms. The highest BCUT2D eigenvalue weighted by atomic mass is 35.5. The number of pyridine rings is 1. The van der Waals surface area contributed by atoms with Crippen LogP contribution in [0.2, 0.25) is 0 Å². The van der Waals surface area contributed by atoms with Crippen LogP contribution in [0, 0.1) is 5.92 Å². The zero-order valence-electron chi connectivity index (χ0n) is 12.0. The maximum Gasteiger partial charge on any atom is 0.573 e. The maximum atomic E-state index is 12.2. The molecule has 1 saturated carbocycles. The molecule has 1 unspecified atom stereocenters. The molecule has 1 aromatic carbocycles. The zero-order valence-corrected chi connectivity index (χ0v) is 12.8. The van der Waals surface area contributed by atoms with Crippen LogP contribution in [0.1, 0.15) is 24.0 Å². The van der Waals surface area contributed by atoms with Gasteiger partial charge in [-0.3, -0.25) is 4.98 Å². The van der Waals surface area contributed by atoms with Gasteiger partial charge in [0.25, 0.3) is 0 Å². The Balaban J connectivity index is 0.00000192. The molecule has 0 saturated heterocycles. The average molecular weight is 346 g/mol. The lowest BCUT2D eigenvalue weighted by Crippen LogP contribution is -2.30. The summed E-state index contributed by atoms with van der Waals surface area (Å²) in [6.07, 6.45) is 0.200. The summed E-state index contributed by atoms with van der Waals surface area (Å²) in [6.45, 7) is 0. The van der Waals surface area contributed by atoms with E-state index in [2.05, 4.69) is 9.72 Å². The standard InChI is InChI=1S/C16H14F3NO2.ClH/c17-16(18,19)22-14-7-5-12(6-8-14)15(21,11-3-4-11)13-2-1-9-20-10-13;/h1-2,5-11,21H,3-4H2;1H. The van der Waals surface area contributed by atoms with Gasteiger partial charge in [-0.1, -0.05) is 18.2 Å². The zero-order chi connectivity index (χ0) is 15.8. The number of nitrogens with zero attached hydrogens (tertiary/aromatic N) is 1. The number of ether oxygens (including phenoxy) is 1. The SMILES string of the molecule is Cl.OC(c1ccc(OC(F)(F)F)cc1)(c1cccnc1)C1CC1. The van der Waals surface area contributed by atoms with Crippen molar-refractivity contribution in [2.75, 3.05) is 0 Å². The molecule has 3 nitrogen and oxygen atoms in total. The van der Waals surface area contributed by atoms with Crippen molar-refractivity contribution >= 4 is 12.4 Å². The number of aromatic nitrogens is 1. The Bertz CT molecular complexity index is 645. The topological polar surface area (TPSA) is 42.4 Å². The summed E-state index contributed by atoms with van der Waals surface area (Å²) in [5, 5.41) is 11.1. The van der Waals surface area contributed by atoms with Gasteiger partial charge < -0.3 is 9.84 Å². The van der Waals surface area contributed by atoms with Gasteiger partial charge in [0.05, 0.1) is 0 Å². The summed E-state index contributed by atoms with van der Waals surface area (Å²) in [4.78, 5) is 4.02. The molecule has 23 heavy (non-hydrogen) atoms. The Kier molecular flexibility index (Phi) is 4.87. The lowest BCUT2D eigenvalue weighted by molar-refractivity contribution is -0.274. The van der Waals surface area contributed by atoms with E-state index >= 15 is 0 Å². The molecule has 0 spiro atoms. The van der Waals surface area contributed by atoms with Gasteiger partial charge in [0.2, 0.25) is 0 Å². The molecule has 1 atom stereocenters. The van der Waals surface area contributed by atoms with E-state index in [9.17, 15) is 18.3 Å². The lowest BCUT2D eigenvalue weighted by atomic mass is 9.83. The minimum Gasteiger partial charge on any atom is -0.406 e. The van der Waals surface area contributed by atoms with E-state index in [0.29, 0.717) is 11.1 Å². The number of hydrogen-bond acceptors (Lipinski definition) is 3. The van der Waals surface area contributed by atoms with Crippen LogP contribution in [0.3, 0.4) is 0 Å². The molecule has 0 radical (unpaired) electrons. The summed E-state index contributed by atoms with van der Waals surface area (Å²) < 4.78 is 40.5. The summed E-state index contributed by atoms with van der Waals surface area (Å²) in [6, 6.07) is 8.85. The fourth-order valence-corrected chi connectivity index (χ4v) is 2.64. The minimum absolute atomic E-state index is 0. The number of hydrogen-bond donors (Lipinski definition) is 1. The van der Waals surface area contributed by atoms with Gasteiger partial charge in [0.1, 0.15) is 11.4 Å². The normalized spacial score (nSPS) is 17.0. The molecule has 0 bridgehead atoms. The lowest BCUT2D eigenvalue weighted by Gasteiger charge is -2.29. The van der Waals surface area contributed by atoms with Crippen molar-refractivity contribution in [1.82, 2.24) is 4.98 Å². The van der Waals surface area contributed by atoms with Crippen molar-refractivity contribution in [3.05, 3.63) is 59.9 Å². The van der Waals surface area contributed by atoms with E-state index in [-0.39, 0.29) is 24.1 Å². The first-order chi connectivity index (χ1) is 10.4. The first-order valence-corrected chi connectivity index (χ1v) is 6.89. The third-order valence-electron chi connectivity index (χ3n) is 3.80. The predicted octanol–water partition coefficient (Wildman–Crippen LogP) is 4.05. The van der Waals surface area contributed by atoms with Gasteiger partial charge >= 0.3 is 6.36 Å². The molecule has 1 heterocycles. The Labute approximate surface area is 137 Å². The van der Waals surface area contributed by atoms with E-state index in [1.165, 1.54) is 24.3 Å². The monoisotopic (exact) mass is 345 g/mol. The van der Waals surface area contributed by atoms with E-state index in [0.717, 1.165) is 12.8 Å². The number of benzene rings is 1. The first-order valence-electron chi connectivity index (χ1n) is 6.89. The molecule has 1 aromatic heterocycles. The second-order valence-electron chi connectivity index (χ2n) is 5.35. The molecule has 3 rings (SSSR count). The number of rotatable bonds is 4. The van der Waals surface area contributed by atoms with Crippen molar-refractivity contribution in [3.63, 3.8) is 0 Å². The highest BCUT2D eigenvalue weighted by Gasteiger charge is 2.46. The molecular weight excluding hydrogens is 331 g/mol. The maximum absolute atomic E-state index is 12.2. The summed E-state index contributed by atoms with van der Waals surface area (Å²) in [7, 11) is 0. The first kappa shape index (κ1) is 17.6. The number of alkyl halides is 3. The fraction of sp³-hybridized carbons (Fsp3) is 0.312. The molecule has 1 aliphatic rings. The van der Waals surface area contributed by atoms with Crippen LogP contribution in [0.5, 0.6) is 5.75 Å². The van der Waals surface area contributed by atoms with Crippen LogP contribution in [0.4, 0.5) is 13.2 Å². The molecular formula is C16H15ClF3NO2. The van der Waals surface area contributed by atoms with Crippen LogP contribution < -0.4 is 4.74 Å². The second-order valence-corrected chi connectivity index (χ2v) is 5.35.